The number of aliphatic imine (C=N–C) groups is 1. The average molecular weight is 364 g/mol. The minimum atomic E-state index is 0.523. The molecule has 0 bridgehead atoms. The first-order valence-corrected chi connectivity index (χ1v) is 10.2. The average Bonchev–Trinajstić information content (AvgIpc) is 3.10. The van der Waals surface area contributed by atoms with E-state index in [1.165, 1.54) is 32.1 Å². The topological polar surface area (TPSA) is 70.4 Å². The second kappa shape index (κ2) is 11.2. The standard InChI is InChI=1S/C19H37N7/c1-5-18-24-23-15-26(18)13-12-21-19(20-6-2)22-14-17(25(3)4)16-10-8-7-9-11-16/h15-17H,5-14H2,1-4H3,(H2,20,21,22). The largest absolute Gasteiger partial charge is 0.357 e. The van der Waals surface area contributed by atoms with E-state index in [9.17, 15) is 0 Å². The summed E-state index contributed by atoms with van der Waals surface area (Å²) in [6.07, 6.45) is 9.53. The Balaban J connectivity index is 1.89. The van der Waals surface area contributed by atoms with Crippen LogP contribution in [0.3, 0.4) is 0 Å². The van der Waals surface area contributed by atoms with Crippen LogP contribution < -0.4 is 10.6 Å². The van der Waals surface area contributed by atoms with Gasteiger partial charge >= 0.3 is 0 Å². The summed E-state index contributed by atoms with van der Waals surface area (Å²) in [4.78, 5) is 7.24. The molecular weight excluding hydrogens is 326 g/mol. The van der Waals surface area contributed by atoms with E-state index in [4.69, 9.17) is 4.99 Å². The minimum Gasteiger partial charge on any atom is -0.357 e. The Labute approximate surface area is 158 Å². The van der Waals surface area contributed by atoms with E-state index in [2.05, 4.69) is 58.2 Å². The number of nitrogens with zero attached hydrogens (tertiary/aromatic N) is 5. The van der Waals surface area contributed by atoms with E-state index in [1.54, 1.807) is 6.33 Å². The molecule has 1 heterocycles. The number of hydrogen-bond acceptors (Lipinski definition) is 4. The molecule has 1 aromatic rings. The lowest BCUT2D eigenvalue weighted by molar-refractivity contribution is 0.176. The maximum Gasteiger partial charge on any atom is 0.191 e. The first kappa shape index (κ1) is 20.7. The highest BCUT2D eigenvalue weighted by Crippen LogP contribution is 2.28. The molecule has 0 amide bonds. The number of nitrogens with one attached hydrogen (secondary N) is 2. The van der Waals surface area contributed by atoms with Gasteiger partial charge in [-0.3, -0.25) is 4.99 Å². The molecule has 0 radical (unpaired) electrons. The lowest BCUT2D eigenvalue weighted by atomic mass is 9.83. The van der Waals surface area contributed by atoms with Crippen molar-refractivity contribution in [2.45, 2.75) is 65.0 Å². The van der Waals surface area contributed by atoms with Gasteiger partial charge in [0.05, 0.1) is 6.54 Å². The normalized spacial score (nSPS) is 17.5. The zero-order chi connectivity index (χ0) is 18.8. The van der Waals surface area contributed by atoms with Crippen molar-refractivity contribution in [1.82, 2.24) is 30.3 Å². The van der Waals surface area contributed by atoms with Crippen LogP contribution in [0.1, 0.15) is 51.8 Å². The molecule has 7 heteroatoms. The van der Waals surface area contributed by atoms with Gasteiger partial charge in [-0.05, 0) is 39.8 Å². The Morgan fingerprint density at radius 1 is 1.27 bits per heavy atom. The monoisotopic (exact) mass is 363 g/mol. The zero-order valence-electron chi connectivity index (χ0n) is 17.0. The maximum absolute atomic E-state index is 4.88. The molecule has 0 spiro atoms. The maximum atomic E-state index is 4.88. The summed E-state index contributed by atoms with van der Waals surface area (Å²) in [5, 5.41) is 14.9. The van der Waals surface area contributed by atoms with Crippen LogP contribution in [0.25, 0.3) is 0 Å². The number of guanidine groups is 1. The molecule has 0 aliphatic heterocycles. The third-order valence-electron chi connectivity index (χ3n) is 5.30. The van der Waals surface area contributed by atoms with Gasteiger partial charge in [0, 0.05) is 32.1 Å². The Bertz CT molecular complexity index is 532. The van der Waals surface area contributed by atoms with E-state index in [1.807, 2.05) is 0 Å². The predicted molar refractivity (Wildman–Crippen MR) is 107 cm³/mol. The molecular formula is C19H37N7. The van der Waals surface area contributed by atoms with Crippen LogP contribution in [0.5, 0.6) is 0 Å². The van der Waals surface area contributed by atoms with Gasteiger partial charge in [0.25, 0.3) is 0 Å². The van der Waals surface area contributed by atoms with Crippen molar-refractivity contribution in [2.24, 2.45) is 10.9 Å². The van der Waals surface area contributed by atoms with Crippen LogP contribution in [0.15, 0.2) is 11.3 Å². The Kier molecular flexibility index (Phi) is 8.88. The van der Waals surface area contributed by atoms with Gasteiger partial charge in [0.2, 0.25) is 0 Å². The van der Waals surface area contributed by atoms with Crippen molar-refractivity contribution < 1.29 is 0 Å². The number of likely N-dealkylation sites (N-methyl/N-ethyl adjacent to an activating group) is 1. The van der Waals surface area contributed by atoms with E-state index < -0.39 is 0 Å². The third kappa shape index (κ3) is 6.27. The lowest BCUT2D eigenvalue weighted by Crippen LogP contribution is -2.42. The lowest BCUT2D eigenvalue weighted by Gasteiger charge is -2.34. The van der Waals surface area contributed by atoms with Crippen molar-refractivity contribution >= 4 is 5.96 Å². The molecule has 7 nitrogen and oxygen atoms in total. The molecule has 1 aliphatic rings. The van der Waals surface area contributed by atoms with Gasteiger partial charge in [-0.15, -0.1) is 10.2 Å². The fourth-order valence-electron chi connectivity index (χ4n) is 3.81. The number of aromatic nitrogens is 3. The summed E-state index contributed by atoms with van der Waals surface area (Å²) < 4.78 is 2.10. The molecule has 26 heavy (non-hydrogen) atoms. The molecule has 0 saturated heterocycles. The summed E-state index contributed by atoms with van der Waals surface area (Å²) in [6.45, 7) is 7.59. The van der Waals surface area contributed by atoms with E-state index in [-0.39, 0.29) is 0 Å². The Morgan fingerprint density at radius 3 is 2.69 bits per heavy atom. The van der Waals surface area contributed by atoms with Gasteiger partial charge < -0.3 is 20.1 Å². The molecule has 2 rings (SSSR count). The van der Waals surface area contributed by atoms with Crippen LogP contribution >= 0.6 is 0 Å². The highest BCUT2D eigenvalue weighted by Gasteiger charge is 2.25. The number of aryl methyl sites for hydroxylation is 1. The van der Waals surface area contributed by atoms with Crippen molar-refractivity contribution in [3.05, 3.63) is 12.2 Å². The molecule has 1 unspecified atom stereocenters. The third-order valence-corrected chi connectivity index (χ3v) is 5.30. The van der Waals surface area contributed by atoms with Gasteiger partial charge in [-0.25, -0.2) is 0 Å². The first-order valence-electron chi connectivity index (χ1n) is 10.2. The number of rotatable bonds is 9. The molecule has 0 aromatic carbocycles. The molecule has 1 aromatic heterocycles. The fourth-order valence-corrected chi connectivity index (χ4v) is 3.81. The van der Waals surface area contributed by atoms with Crippen LogP contribution in [-0.4, -0.2) is 65.4 Å². The Hall–Kier alpha value is -1.63. The van der Waals surface area contributed by atoms with Crippen LogP contribution in [0, 0.1) is 5.92 Å². The van der Waals surface area contributed by atoms with Crippen LogP contribution in [-0.2, 0) is 13.0 Å². The van der Waals surface area contributed by atoms with Gasteiger partial charge in [0.15, 0.2) is 5.96 Å². The smallest absolute Gasteiger partial charge is 0.191 e. The predicted octanol–water partition coefficient (Wildman–Crippen LogP) is 1.91. The van der Waals surface area contributed by atoms with Crippen molar-refractivity contribution in [3.63, 3.8) is 0 Å². The van der Waals surface area contributed by atoms with Crippen LogP contribution in [0.2, 0.25) is 0 Å². The first-order chi connectivity index (χ1) is 12.7. The van der Waals surface area contributed by atoms with E-state index in [0.29, 0.717) is 6.04 Å². The van der Waals surface area contributed by atoms with E-state index >= 15 is 0 Å². The second-order valence-electron chi connectivity index (χ2n) is 7.37. The highest BCUT2D eigenvalue weighted by molar-refractivity contribution is 5.79. The molecule has 1 aliphatic carbocycles. The van der Waals surface area contributed by atoms with Crippen molar-refractivity contribution in [3.8, 4) is 0 Å². The molecule has 1 fully saturated rings. The molecule has 1 atom stereocenters. The molecule has 148 valence electrons. The summed E-state index contributed by atoms with van der Waals surface area (Å²) in [6, 6.07) is 0.523. The van der Waals surface area contributed by atoms with Crippen molar-refractivity contribution in [2.75, 3.05) is 33.7 Å². The number of hydrogen-bond donors (Lipinski definition) is 2. The summed E-state index contributed by atoms with van der Waals surface area (Å²) in [5.74, 6) is 2.70. The van der Waals surface area contributed by atoms with Gasteiger partial charge in [-0.1, -0.05) is 26.2 Å². The van der Waals surface area contributed by atoms with Crippen LogP contribution in [0.4, 0.5) is 0 Å². The molecule has 1 saturated carbocycles. The minimum absolute atomic E-state index is 0.523. The SMILES string of the molecule is CCNC(=NCC(C1CCCCC1)N(C)C)NCCn1cnnc1CC. The van der Waals surface area contributed by atoms with Gasteiger partial charge in [0.1, 0.15) is 12.2 Å². The van der Waals surface area contributed by atoms with Gasteiger partial charge in [-0.2, -0.15) is 0 Å². The summed E-state index contributed by atoms with van der Waals surface area (Å²) in [5.41, 5.74) is 0. The fraction of sp³-hybridized carbons (Fsp3) is 0.842. The Morgan fingerprint density at radius 2 is 2.04 bits per heavy atom. The summed E-state index contributed by atoms with van der Waals surface area (Å²) >= 11 is 0. The van der Waals surface area contributed by atoms with Crippen molar-refractivity contribution in [1.29, 1.82) is 0 Å². The summed E-state index contributed by atoms with van der Waals surface area (Å²) in [7, 11) is 4.38. The second-order valence-corrected chi connectivity index (χ2v) is 7.37. The molecule has 2 N–H and O–H groups in total. The van der Waals surface area contributed by atoms with E-state index in [0.717, 1.165) is 50.3 Å². The zero-order valence-corrected chi connectivity index (χ0v) is 17.0. The quantitative estimate of drug-likeness (QED) is 0.518. The highest BCUT2D eigenvalue weighted by atomic mass is 15.3.